The smallest absolute Gasteiger partial charge is 0.0996 e. The van der Waals surface area contributed by atoms with Crippen LogP contribution in [-0.4, -0.2) is 0 Å². The van der Waals surface area contributed by atoms with Crippen LogP contribution in [0.15, 0.2) is 24.3 Å². The van der Waals surface area contributed by atoms with Gasteiger partial charge in [-0.1, -0.05) is 46.9 Å². The van der Waals surface area contributed by atoms with Crippen LogP contribution in [0.4, 0.5) is 5.69 Å². The normalized spacial score (nSPS) is 12.5. The lowest BCUT2D eigenvalue weighted by Gasteiger charge is -2.17. The summed E-state index contributed by atoms with van der Waals surface area (Å²) >= 11 is 19.7. The van der Waals surface area contributed by atoms with Crippen molar-refractivity contribution in [3.63, 3.8) is 0 Å². The van der Waals surface area contributed by atoms with Crippen molar-refractivity contribution in [2.75, 3.05) is 5.32 Å². The number of thiophene rings is 1. The Labute approximate surface area is 126 Å². The van der Waals surface area contributed by atoms with Gasteiger partial charge < -0.3 is 5.32 Å². The molecule has 1 unspecified atom stereocenters. The van der Waals surface area contributed by atoms with E-state index in [2.05, 4.69) is 5.32 Å². The SMILES string of the molecule is Cc1cccc(Cl)c1NC(C)c1cc(Cl)sc1Cl. The van der Waals surface area contributed by atoms with Gasteiger partial charge in [0.2, 0.25) is 0 Å². The summed E-state index contributed by atoms with van der Waals surface area (Å²) in [6, 6.07) is 7.76. The first kappa shape index (κ1) is 14.0. The number of para-hydroxylation sites is 1. The molecule has 0 aliphatic carbocycles. The van der Waals surface area contributed by atoms with Crippen LogP contribution < -0.4 is 5.32 Å². The van der Waals surface area contributed by atoms with Crippen LogP contribution in [0, 0.1) is 6.92 Å². The fraction of sp³-hybridized carbons (Fsp3) is 0.231. The molecule has 1 atom stereocenters. The highest BCUT2D eigenvalue weighted by Gasteiger charge is 2.15. The Morgan fingerprint density at radius 3 is 2.50 bits per heavy atom. The standard InChI is InChI=1S/C13H12Cl3NS/c1-7-4-3-5-10(14)12(7)17-8(2)9-6-11(15)18-13(9)16/h3-6,8,17H,1-2H3. The monoisotopic (exact) mass is 319 g/mol. The second kappa shape index (κ2) is 5.70. The molecule has 0 amide bonds. The van der Waals surface area contributed by atoms with E-state index in [9.17, 15) is 0 Å². The van der Waals surface area contributed by atoms with Crippen LogP contribution in [0.5, 0.6) is 0 Å². The topological polar surface area (TPSA) is 12.0 Å². The molecule has 0 spiro atoms. The van der Waals surface area contributed by atoms with Gasteiger partial charge in [0.05, 0.1) is 25.4 Å². The van der Waals surface area contributed by atoms with Gasteiger partial charge in [0, 0.05) is 5.56 Å². The van der Waals surface area contributed by atoms with E-state index in [0.717, 1.165) is 16.8 Å². The van der Waals surface area contributed by atoms with Crippen molar-refractivity contribution in [2.24, 2.45) is 0 Å². The average molecular weight is 321 g/mol. The maximum absolute atomic E-state index is 6.19. The molecule has 0 aliphatic rings. The summed E-state index contributed by atoms with van der Waals surface area (Å²) in [5.41, 5.74) is 3.03. The van der Waals surface area contributed by atoms with Crippen LogP contribution >= 0.6 is 46.1 Å². The number of benzene rings is 1. The third-order valence-corrected chi connectivity index (χ3v) is 4.57. The zero-order chi connectivity index (χ0) is 13.3. The third-order valence-electron chi connectivity index (χ3n) is 2.73. The maximum atomic E-state index is 6.19. The van der Waals surface area contributed by atoms with Crippen molar-refractivity contribution in [3.05, 3.63) is 49.1 Å². The van der Waals surface area contributed by atoms with Crippen molar-refractivity contribution in [2.45, 2.75) is 19.9 Å². The largest absolute Gasteiger partial charge is 0.377 e. The number of halogens is 3. The van der Waals surface area contributed by atoms with Gasteiger partial charge in [-0.2, -0.15) is 0 Å². The first-order valence-electron chi connectivity index (χ1n) is 5.45. The molecule has 0 saturated carbocycles. The fourth-order valence-corrected chi connectivity index (χ4v) is 3.68. The van der Waals surface area contributed by atoms with Crippen molar-refractivity contribution >= 4 is 51.8 Å². The summed E-state index contributed by atoms with van der Waals surface area (Å²) in [7, 11) is 0. The molecule has 5 heteroatoms. The molecule has 0 aliphatic heterocycles. The summed E-state index contributed by atoms with van der Waals surface area (Å²) in [4.78, 5) is 0. The van der Waals surface area contributed by atoms with Crippen LogP contribution in [0.25, 0.3) is 0 Å². The molecular formula is C13H12Cl3NS. The van der Waals surface area contributed by atoms with E-state index < -0.39 is 0 Å². The van der Waals surface area contributed by atoms with Gasteiger partial charge in [-0.25, -0.2) is 0 Å². The van der Waals surface area contributed by atoms with E-state index in [1.54, 1.807) is 0 Å². The summed E-state index contributed by atoms with van der Waals surface area (Å²) in [6.45, 7) is 4.05. The second-order valence-electron chi connectivity index (χ2n) is 4.08. The van der Waals surface area contributed by atoms with E-state index in [0.29, 0.717) is 13.7 Å². The molecule has 0 saturated heterocycles. The minimum atomic E-state index is 0.0554. The van der Waals surface area contributed by atoms with E-state index in [4.69, 9.17) is 34.8 Å². The minimum Gasteiger partial charge on any atom is -0.377 e. The Hall–Kier alpha value is -0.410. The van der Waals surface area contributed by atoms with Gasteiger partial charge in [0.1, 0.15) is 0 Å². The third kappa shape index (κ3) is 2.94. The molecule has 1 aromatic carbocycles. The van der Waals surface area contributed by atoms with Gasteiger partial charge in [-0.15, -0.1) is 11.3 Å². The number of rotatable bonds is 3. The van der Waals surface area contributed by atoms with Gasteiger partial charge in [0.15, 0.2) is 0 Å². The lowest BCUT2D eigenvalue weighted by atomic mass is 10.1. The molecule has 1 N–H and O–H groups in total. The molecule has 1 aromatic heterocycles. The zero-order valence-electron chi connectivity index (χ0n) is 9.93. The minimum absolute atomic E-state index is 0.0554. The first-order chi connectivity index (χ1) is 8.49. The molecule has 1 nitrogen and oxygen atoms in total. The lowest BCUT2D eigenvalue weighted by molar-refractivity contribution is 0.888. The molecule has 2 rings (SSSR count). The summed E-state index contributed by atoms with van der Waals surface area (Å²) in [5, 5.41) is 4.09. The van der Waals surface area contributed by atoms with Crippen molar-refractivity contribution in [1.82, 2.24) is 0 Å². The summed E-state index contributed by atoms with van der Waals surface area (Å²) < 4.78 is 1.41. The Kier molecular flexibility index (Phi) is 4.44. The Morgan fingerprint density at radius 1 is 1.22 bits per heavy atom. The second-order valence-corrected chi connectivity index (χ2v) is 6.77. The number of hydrogen-bond acceptors (Lipinski definition) is 2. The van der Waals surface area contributed by atoms with E-state index in [-0.39, 0.29) is 6.04 Å². The first-order valence-corrected chi connectivity index (χ1v) is 7.40. The molecule has 0 radical (unpaired) electrons. The predicted molar refractivity (Wildman–Crippen MR) is 82.6 cm³/mol. The quantitative estimate of drug-likeness (QED) is 0.711. The number of nitrogens with one attached hydrogen (secondary N) is 1. The molecule has 18 heavy (non-hydrogen) atoms. The number of aryl methyl sites for hydroxylation is 1. The number of anilines is 1. The molecule has 1 heterocycles. The Morgan fingerprint density at radius 2 is 1.94 bits per heavy atom. The van der Waals surface area contributed by atoms with Crippen LogP contribution in [0.3, 0.4) is 0 Å². The summed E-state index contributed by atoms with van der Waals surface area (Å²) in [6.07, 6.45) is 0. The molecular weight excluding hydrogens is 309 g/mol. The van der Waals surface area contributed by atoms with Gasteiger partial charge >= 0.3 is 0 Å². The van der Waals surface area contributed by atoms with Gasteiger partial charge in [0.25, 0.3) is 0 Å². The van der Waals surface area contributed by atoms with Crippen molar-refractivity contribution < 1.29 is 0 Å². The predicted octanol–water partition coefficient (Wildman–Crippen LogP) is 6.19. The molecule has 0 bridgehead atoms. The highest BCUT2D eigenvalue weighted by atomic mass is 35.5. The molecule has 96 valence electrons. The van der Waals surface area contributed by atoms with Gasteiger partial charge in [-0.3, -0.25) is 0 Å². The van der Waals surface area contributed by atoms with E-state index in [1.807, 2.05) is 38.1 Å². The van der Waals surface area contributed by atoms with Crippen molar-refractivity contribution in [1.29, 1.82) is 0 Å². The Bertz CT molecular complexity index is 545. The molecule has 0 fully saturated rings. The highest BCUT2D eigenvalue weighted by molar-refractivity contribution is 7.20. The van der Waals surface area contributed by atoms with Crippen LogP contribution in [-0.2, 0) is 0 Å². The lowest BCUT2D eigenvalue weighted by Crippen LogP contribution is -2.07. The Balaban J connectivity index is 2.26. The fourth-order valence-electron chi connectivity index (χ4n) is 1.76. The van der Waals surface area contributed by atoms with Crippen molar-refractivity contribution in [3.8, 4) is 0 Å². The van der Waals surface area contributed by atoms with E-state index in [1.165, 1.54) is 11.3 Å². The summed E-state index contributed by atoms with van der Waals surface area (Å²) in [5.74, 6) is 0. The van der Waals surface area contributed by atoms with Crippen LogP contribution in [0.2, 0.25) is 13.7 Å². The zero-order valence-corrected chi connectivity index (χ0v) is 13.0. The number of hydrogen-bond donors (Lipinski definition) is 1. The highest BCUT2D eigenvalue weighted by Crippen LogP contribution is 2.37. The average Bonchev–Trinajstić information content (AvgIpc) is 2.63. The van der Waals surface area contributed by atoms with Gasteiger partial charge in [-0.05, 0) is 31.5 Å². The maximum Gasteiger partial charge on any atom is 0.0996 e. The van der Waals surface area contributed by atoms with Crippen LogP contribution in [0.1, 0.15) is 24.1 Å². The van der Waals surface area contributed by atoms with E-state index >= 15 is 0 Å². The molecule has 2 aromatic rings.